The van der Waals surface area contributed by atoms with E-state index in [-0.39, 0.29) is 6.10 Å². The van der Waals surface area contributed by atoms with Crippen LogP contribution in [0.5, 0.6) is 0 Å². The quantitative estimate of drug-likeness (QED) is 0.691. The molecule has 2 heteroatoms. The maximum Gasteiger partial charge on any atom is 0.129 e. The molecular formula is C24H40O2. The maximum atomic E-state index is 11.3. The fraction of sp³-hybridized carbons (Fsp3) is 0.958. The highest BCUT2D eigenvalue weighted by atomic mass is 16.3. The molecule has 1 N–H and O–H groups in total. The topological polar surface area (TPSA) is 37.3 Å². The number of Topliss-reactive ketones (excluding diaryl/α,β-unsaturated/α-hetero) is 1. The van der Waals surface area contributed by atoms with Crippen LogP contribution < -0.4 is 0 Å². The van der Waals surface area contributed by atoms with Crippen LogP contribution >= 0.6 is 0 Å². The first-order valence-electron chi connectivity index (χ1n) is 11.5. The molecule has 0 aromatic rings. The molecule has 4 saturated carbocycles. The summed E-state index contributed by atoms with van der Waals surface area (Å²) in [5.41, 5.74) is 0.811. The van der Waals surface area contributed by atoms with Crippen LogP contribution in [0, 0.1) is 40.4 Å². The van der Waals surface area contributed by atoms with Gasteiger partial charge in [-0.05, 0) is 118 Å². The van der Waals surface area contributed by atoms with E-state index < -0.39 is 0 Å². The van der Waals surface area contributed by atoms with Crippen LogP contribution in [0.1, 0.15) is 97.8 Å². The Bertz CT molecular complexity index is 542. The van der Waals surface area contributed by atoms with Gasteiger partial charge >= 0.3 is 0 Å². The van der Waals surface area contributed by atoms with Gasteiger partial charge in [-0.3, -0.25) is 0 Å². The molecule has 4 fully saturated rings. The highest BCUT2D eigenvalue weighted by molar-refractivity contribution is 5.75. The van der Waals surface area contributed by atoms with E-state index in [0.717, 1.165) is 55.3 Å². The lowest BCUT2D eigenvalue weighted by Gasteiger charge is -2.64. The van der Waals surface area contributed by atoms with Gasteiger partial charge in [0.05, 0.1) is 6.10 Å². The third-order valence-electron chi connectivity index (χ3n) is 9.92. The molecule has 7 unspecified atom stereocenters. The summed E-state index contributed by atoms with van der Waals surface area (Å²) in [5.74, 6) is 5.01. The SMILES string of the molecule is CC(=O)CCCC1CCC2C1CCC1C2CCC2(C)C[C@H](O)CCC12C. The van der Waals surface area contributed by atoms with Crippen LogP contribution in [0.25, 0.3) is 0 Å². The lowest BCUT2D eigenvalue weighted by Crippen LogP contribution is -2.56. The molecule has 0 aromatic heterocycles. The van der Waals surface area contributed by atoms with Gasteiger partial charge < -0.3 is 9.90 Å². The molecule has 0 spiro atoms. The molecule has 0 heterocycles. The molecule has 0 aromatic carbocycles. The van der Waals surface area contributed by atoms with Crippen molar-refractivity contribution in [1.82, 2.24) is 0 Å². The van der Waals surface area contributed by atoms with E-state index in [1.54, 1.807) is 6.92 Å². The van der Waals surface area contributed by atoms with E-state index in [0.29, 0.717) is 16.6 Å². The Morgan fingerprint density at radius 1 is 0.962 bits per heavy atom. The third kappa shape index (κ3) is 2.99. The predicted octanol–water partition coefficient (Wildman–Crippen LogP) is 5.77. The lowest BCUT2D eigenvalue weighted by atomic mass is 9.41. The normalized spacial score (nSPS) is 50.6. The van der Waals surface area contributed by atoms with Gasteiger partial charge in [-0.2, -0.15) is 0 Å². The zero-order chi connectivity index (χ0) is 18.5. The second kappa shape index (κ2) is 6.90. The first-order chi connectivity index (χ1) is 12.3. The summed E-state index contributed by atoms with van der Waals surface area (Å²) < 4.78 is 0. The average molecular weight is 361 g/mol. The van der Waals surface area contributed by atoms with Crippen molar-refractivity contribution in [3.8, 4) is 0 Å². The molecule has 148 valence electrons. The van der Waals surface area contributed by atoms with Crippen molar-refractivity contribution in [3.05, 3.63) is 0 Å². The molecule has 4 aliphatic rings. The number of fused-ring (bicyclic) bond motifs is 5. The molecule has 4 rings (SSSR count). The highest BCUT2D eigenvalue weighted by Crippen LogP contribution is 2.68. The molecule has 0 saturated heterocycles. The van der Waals surface area contributed by atoms with Crippen molar-refractivity contribution in [3.63, 3.8) is 0 Å². The number of rotatable bonds is 4. The largest absolute Gasteiger partial charge is 0.393 e. The number of hydrogen-bond donors (Lipinski definition) is 1. The number of carbonyl (C=O) groups is 1. The summed E-state index contributed by atoms with van der Waals surface area (Å²) in [5, 5.41) is 10.3. The van der Waals surface area contributed by atoms with Gasteiger partial charge in [-0.25, -0.2) is 0 Å². The van der Waals surface area contributed by atoms with E-state index in [4.69, 9.17) is 0 Å². The van der Waals surface area contributed by atoms with Gasteiger partial charge in [0.1, 0.15) is 5.78 Å². The standard InChI is InChI=1S/C24H40O2/c1-16(25)5-4-6-17-7-8-20-19(17)9-10-22-21(20)12-13-23(2)15-18(26)11-14-24(22,23)3/h17-22,26H,4-15H2,1-3H3/t17?,18-,19?,20?,21?,22?,23?,24?/m1/s1. The number of aliphatic hydroxyl groups excluding tert-OH is 1. The van der Waals surface area contributed by atoms with Gasteiger partial charge in [0, 0.05) is 6.42 Å². The number of ketones is 1. The minimum absolute atomic E-state index is 0.0573. The van der Waals surface area contributed by atoms with E-state index in [9.17, 15) is 9.90 Å². The van der Waals surface area contributed by atoms with E-state index in [1.807, 2.05) is 0 Å². The van der Waals surface area contributed by atoms with Crippen molar-refractivity contribution in [2.45, 2.75) is 104 Å². The van der Waals surface area contributed by atoms with Crippen LogP contribution in [-0.4, -0.2) is 17.0 Å². The summed E-state index contributed by atoms with van der Waals surface area (Å²) in [6, 6.07) is 0. The first kappa shape index (κ1) is 19.0. The smallest absolute Gasteiger partial charge is 0.129 e. The second-order valence-electron chi connectivity index (χ2n) is 11.0. The number of hydrogen-bond acceptors (Lipinski definition) is 2. The lowest BCUT2D eigenvalue weighted by molar-refractivity contribution is -0.158. The van der Waals surface area contributed by atoms with Crippen molar-refractivity contribution in [2.24, 2.45) is 40.4 Å². The Hall–Kier alpha value is -0.370. The number of carbonyl (C=O) groups excluding carboxylic acids is 1. The van der Waals surface area contributed by atoms with Crippen molar-refractivity contribution in [2.75, 3.05) is 0 Å². The molecule has 0 amide bonds. The summed E-state index contributed by atoms with van der Waals surface area (Å²) in [4.78, 5) is 11.3. The monoisotopic (exact) mass is 360 g/mol. The fourth-order valence-corrected chi connectivity index (χ4v) is 8.36. The van der Waals surface area contributed by atoms with Crippen LogP contribution in [-0.2, 0) is 4.79 Å². The zero-order valence-corrected chi connectivity index (χ0v) is 17.3. The minimum Gasteiger partial charge on any atom is -0.393 e. The molecule has 0 bridgehead atoms. The Morgan fingerprint density at radius 3 is 2.50 bits per heavy atom. The maximum absolute atomic E-state index is 11.3. The summed E-state index contributed by atoms with van der Waals surface area (Å²) in [7, 11) is 0. The molecular weight excluding hydrogens is 320 g/mol. The van der Waals surface area contributed by atoms with E-state index in [1.165, 1.54) is 51.4 Å². The zero-order valence-electron chi connectivity index (χ0n) is 17.3. The Morgan fingerprint density at radius 2 is 1.73 bits per heavy atom. The van der Waals surface area contributed by atoms with Gasteiger partial charge in [0.15, 0.2) is 0 Å². The summed E-state index contributed by atoms with van der Waals surface area (Å²) >= 11 is 0. The molecule has 26 heavy (non-hydrogen) atoms. The van der Waals surface area contributed by atoms with Crippen molar-refractivity contribution >= 4 is 5.78 Å². The Labute approximate surface area is 160 Å². The van der Waals surface area contributed by atoms with E-state index >= 15 is 0 Å². The van der Waals surface area contributed by atoms with Crippen LogP contribution in [0.2, 0.25) is 0 Å². The summed E-state index contributed by atoms with van der Waals surface area (Å²) in [6.45, 7) is 6.83. The van der Waals surface area contributed by atoms with Gasteiger partial charge in [0.25, 0.3) is 0 Å². The Balaban J connectivity index is 1.46. The fourth-order valence-electron chi connectivity index (χ4n) is 8.36. The molecule has 0 radical (unpaired) electrons. The first-order valence-corrected chi connectivity index (χ1v) is 11.5. The van der Waals surface area contributed by atoms with Gasteiger partial charge in [0.2, 0.25) is 0 Å². The van der Waals surface area contributed by atoms with Gasteiger partial charge in [-0.1, -0.05) is 13.8 Å². The molecule has 4 aliphatic carbocycles. The minimum atomic E-state index is -0.0573. The second-order valence-corrected chi connectivity index (χ2v) is 11.0. The van der Waals surface area contributed by atoms with Crippen LogP contribution in [0.4, 0.5) is 0 Å². The average Bonchev–Trinajstić information content (AvgIpc) is 2.99. The molecule has 2 nitrogen and oxygen atoms in total. The predicted molar refractivity (Wildman–Crippen MR) is 106 cm³/mol. The van der Waals surface area contributed by atoms with E-state index in [2.05, 4.69) is 13.8 Å². The van der Waals surface area contributed by atoms with Gasteiger partial charge in [-0.15, -0.1) is 0 Å². The molecule has 0 aliphatic heterocycles. The highest BCUT2D eigenvalue weighted by Gasteiger charge is 2.60. The third-order valence-corrected chi connectivity index (χ3v) is 9.92. The van der Waals surface area contributed by atoms with Crippen molar-refractivity contribution in [1.29, 1.82) is 0 Å². The Kier molecular flexibility index (Phi) is 5.04. The van der Waals surface area contributed by atoms with Crippen LogP contribution in [0.15, 0.2) is 0 Å². The van der Waals surface area contributed by atoms with Crippen LogP contribution in [0.3, 0.4) is 0 Å². The van der Waals surface area contributed by atoms with Crippen molar-refractivity contribution < 1.29 is 9.90 Å². The number of aliphatic hydroxyl groups is 1. The summed E-state index contributed by atoms with van der Waals surface area (Å²) in [6.07, 6.45) is 14.9. The molecule has 8 atom stereocenters.